The van der Waals surface area contributed by atoms with Gasteiger partial charge in [0.25, 0.3) is 0 Å². The molecule has 13 heteroatoms. The molecule has 3 aromatic heterocycles. The van der Waals surface area contributed by atoms with E-state index >= 15 is 0 Å². The number of hydrogen-bond acceptors (Lipinski definition) is 13. The van der Waals surface area contributed by atoms with Crippen LogP contribution in [0.3, 0.4) is 0 Å². The van der Waals surface area contributed by atoms with Gasteiger partial charge >= 0.3 is 28.8 Å². The number of fused-ring (bicyclic) bond motifs is 18. The highest BCUT2D eigenvalue weighted by atomic mass is 16.5. The van der Waals surface area contributed by atoms with Gasteiger partial charge in [-0.3, -0.25) is 0 Å². The zero-order chi connectivity index (χ0) is 75.5. The lowest BCUT2D eigenvalue weighted by Crippen LogP contribution is -2.16. The van der Waals surface area contributed by atoms with Crippen molar-refractivity contribution < 1.29 is 46.5 Å². The Balaban J connectivity index is 0.000000106. The maximum absolute atomic E-state index is 11.7. The van der Waals surface area contributed by atoms with Gasteiger partial charge in [0.1, 0.15) is 34.0 Å². The highest BCUT2D eigenvalue weighted by Crippen LogP contribution is 2.53. The van der Waals surface area contributed by atoms with Gasteiger partial charge in [0, 0.05) is 64.7 Å². The first kappa shape index (κ1) is 75.2. The summed E-state index contributed by atoms with van der Waals surface area (Å²) in [5.41, 5.74) is 3.86. The number of ether oxygens (including phenoxy) is 5. The van der Waals surface area contributed by atoms with Crippen molar-refractivity contribution >= 4 is 50.9 Å². The van der Waals surface area contributed by atoms with Crippen LogP contribution in [-0.2, 0) is 19.1 Å². The average molecular weight is 1480 g/mol. The Bertz CT molecular complexity index is 4840. The van der Waals surface area contributed by atoms with Gasteiger partial charge in [-0.25, -0.2) is 24.0 Å². The fourth-order valence-corrected chi connectivity index (χ4v) is 19.5. The second-order valence-electron chi connectivity index (χ2n) is 32.6. The molecule has 0 N–H and O–H groups in total. The van der Waals surface area contributed by atoms with Crippen molar-refractivity contribution in [3.05, 3.63) is 298 Å². The topological polar surface area (TPSA) is 171 Å². The molecule has 0 radical (unpaired) electrons. The minimum absolute atomic E-state index is 0.239. The molecule has 0 amide bonds. The van der Waals surface area contributed by atoms with Gasteiger partial charge < -0.3 is 36.9 Å². The number of aryl methyl sites for hydroxylation is 1. The largest absolute Gasteiger partial charge is 0.493 e. The van der Waals surface area contributed by atoms with Crippen LogP contribution in [0.1, 0.15) is 94.6 Å². The van der Waals surface area contributed by atoms with E-state index in [0.29, 0.717) is 83.2 Å². The summed E-state index contributed by atoms with van der Waals surface area (Å²) in [6.07, 6.45) is 61.0. The summed E-state index contributed by atoms with van der Waals surface area (Å²) in [4.78, 5) is 57.0. The lowest BCUT2D eigenvalue weighted by Gasteiger charge is -2.18. The Morgan fingerprint density at radius 1 is 0.418 bits per heavy atom. The summed E-state index contributed by atoms with van der Waals surface area (Å²) < 4.78 is 43.8. The summed E-state index contributed by atoms with van der Waals surface area (Å²) in [7, 11) is 0. The van der Waals surface area contributed by atoms with E-state index in [9.17, 15) is 24.0 Å². The molecule has 6 fully saturated rings. The summed E-state index contributed by atoms with van der Waals surface area (Å²) >= 11 is 0. The van der Waals surface area contributed by atoms with E-state index in [1.165, 1.54) is 107 Å². The van der Waals surface area contributed by atoms with Crippen LogP contribution in [-0.4, -0.2) is 45.0 Å². The Kier molecular flexibility index (Phi) is 24.0. The maximum Gasteiger partial charge on any atom is 0.336 e. The SMILES string of the molecule is C1=CC2C3C=CC(C3)C2C1.C=C/C=C(C=C)/C=C/C(=O)OCC1CC2C=CC1C2.Cc1ccc(/C=C/C(=O)OCC2CC3C=CC2C3)cc1.O=c1ccc2ccc(OCC3CC4C=CC3C4)cc2o1.O=c1ccc2ccc(OCC3CC4C=CC3C4)cc2o1.O=c1ccc2ccc(OCCC3CC4C=CC3C4)cc2o1. The molecule has 13 aliphatic rings. The molecule has 568 valence electrons. The third-order valence-corrected chi connectivity index (χ3v) is 25.3. The Labute approximate surface area is 644 Å². The molecule has 6 saturated carbocycles. The highest BCUT2D eigenvalue weighted by molar-refractivity contribution is 5.87. The average Bonchev–Trinajstić information content (AvgIpc) is 1.62. The Hall–Kier alpha value is -10.3. The summed E-state index contributed by atoms with van der Waals surface area (Å²) in [6, 6.07) is 34.7. The van der Waals surface area contributed by atoms with Crippen molar-refractivity contribution in [1.82, 2.24) is 0 Å². The van der Waals surface area contributed by atoms with Crippen molar-refractivity contribution in [2.45, 2.75) is 90.4 Å². The van der Waals surface area contributed by atoms with E-state index < -0.39 is 0 Å². The van der Waals surface area contributed by atoms with Gasteiger partial charge in [0.2, 0.25) is 0 Å². The molecule has 12 bridgehead atoms. The van der Waals surface area contributed by atoms with E-state index in [-0.39, 0.29) is 28.8 Å². The van der Waals surface area contributed by atoms with E-state index in [4.69, 9.17) is 36.9 Å². The van der Waals surface area contributed by atoms with Gasteiger partial charge in [-0.2, -0.15) is 0 Å². The van der Waals surface area contributed by atoms with Crippen LogP contribution >= 0.6 is 0 Å². The first-order chi connectivity index (χ1) is 53.7. The van der Waals surface area contributed by atoms with Crippen molar-refractivity contribution in [3.8, 4) is 17.2 Å². The number of benzene rings is 4. The van der Waals surface area contributed by atoms with Crippen molar-refractivity contribution in [2.75, 3.05) is 33.0 Å². The van der Waals surface area contributed by atoms with Gasteiger partial charge in [-0.15, -0.1) is 0 Å². The molecule has 3 heterocycles. The molecule has 0 spiro atoms. The third-order valence-electron chi connectivity index (χ3n) is 25.3. The fraction of sp³-hybridized carbons (Fsp3) is 0.392. The molecule has 110 heavy (non-hydrogen) atoms. The number of allylic oxidation sites excluding steroid dienone is 19. The quantitative estimate of drug-likeness (QED) is 0.0232. The lowest BCUT2D eigenvalue weighted by atomic mass is 9.86. The standard InChI is InChI=1S/C18H18O3.C18H20O2.2C17H16O3.C17H20O2.C10H12/c19-18-6-4-13-3-5-16(11-17(13)21-18)20-8-7-15-10-12-1-2-14(15)9-12;1-13-2-4-14(5-3-13)7-9-18(19)20-12-17-11-15-6-8-16(17)10-15;2*18-17-6-4-12-3-5-15(9-16(12)20-17)19-10-14-8-11-1-2-13(14)7-11;1-3-5-13(4-2)7-9-17(18)19-12-16-11-14-6-8-15(16)10-14;1-2-9-7-4-5-8(6-7)10(9)3-1/h1-6,11-12,14-15H,7-10H2;2-9,15-17H,10-12H2,1H3;2*1-6,9,11,13-14H,7-8,10H2;3-9,14-16H,1-2,10-12H2;1-2,4-5,7-10H,3,6H2/b;9-7+;;;9-7+,13-5+;. The number of carbonyl (C=O) groups is 2. The summed E-state index contributed by atoms with van der Waals surface area (Å²) in [6.45, 7) is 12.6. The van der Waals surface area contributed by atoms with Crippen LogP contribution in [0.4, 0.5) is 0 Å². The van der Waals surface area contributed by atoms with Crippen LogP contribution in [0.2, 0.25) is 0 Å². The molecule has 19 atom stereocenters. The molecule has 13 aliphatic carbocycles. The second kappa shape index (κ2) is 35.2. The minimum atomic E-state index is -0.326. The van der Waals surface area contributed by atoms with Gasteiger partial charge in [0.05, 0.1) is 33.0 Å². The summed E-state index contributed by atoms with van der Waals surface area (Å²) in [5, 5.41) is 2.75. The molecule has 0 saturated heterocycles. The third kappa shape index (κ3) is 19.1. The molecule has 0 aliphatic heterocycles. The number of esters is 2. The van der Waals surface area contributed by atoms with Crippen LogP contribution in [0, 0.1) is 119 Å². The van der Waals surface area contributed by atoms with Crippen LogP contribution in [0.5, 0.6) is 17.2 Å². The van der Waals surface area contributed by atoms with Crippen molar-refractivity contribution in [3.63, 3.8) is 0 Å². The fourth-order valence-electron chi connectivity index (χ4n) is 19.5. The second-order valence-corrected chi connectivity index (χ2v) is 32.6. The number of hydrogen-bond donors (Lipinski definition) is 0. The minimum Gasteiger partial charge on any atom is -0.493 e. The lowest BCUT2D eigenvalue weighted by molar-refractivity contribution is -0.140. The maximum atomic E-state index is 11.7. The summed E-state index contributed by atoms with van der Waals surface area (Å²) in [5.74, 6) is 15.9. The van der Waals surface area contributed by atoms with Crippen molar-refractivity contribution in [1.29, 1.82) is 0 Å². The van der Waals surface area contributed by atoms with E-state index in [1.54, 1.807) is 60.7 Å². The van der Waals surface area contributed by atoms with Crippen LogP contribution in [0.25, 0.3) is 39.0 Å². The van der Waals surface area contributed by atoms with Gasteiger partial charge in [0.15, 0.2) is 0 Å². The number of rotatable bonds is 20. The number of carbonyl (C=O) groups excluding carboxylic acids is 2. The predicted octanol–water partition coefficient (Wildman–Crippen LogP) is 20.3. The molecule has 13 nitrogen and oxygen atoms in total. The molecule has 7 aromatic rings. The smallest absolute Gasteiger partial charge is 0.336 e. The molecular formula is C97H102O13. The monoisotopic (exact) mass is 1470 g/mol. The van der Waals surface area contributed by atoms with Crippen LogP contribution < -0.4 is 31.1 Å². The molecule has 20 rings (SSSR count). The normalized spacial score (nSPS) is 29.9. The Morgan fingerprint density at radius 2 is 0.827 bits per heavy atom. The zero-order valence-electron chi connectivity index (χ0n) is 63.0. The van der Waals surface area contributed by atoms with Gasteiger partial charge in [-0.1, -0.05) is 146 Å². The molecular weight excluding hydrogens is 1370 g/mol. The van der Waals surface area contributed by atoms with Crippen LogP contribution in [0.15, 0.2) is 283 Å². The Morgan fingerprint density at radius 3 is 1.25 bits per heavy atom. The first-order valence-electron chi connectivity index (χ1n) is 40.2. The van der Waals surface area contributed by atoms with Gasteiger partial charge in [-0.05, 0) is 281 Å². The molecule has 19 unspecified atom stereocenters. The van der Waals surface area contributed by atoms with E-state index in [2.05, 4.69) is 98.2 Å². The van der Waals surface area contributed by atoms with Crippen molar-refractivity contribution in [2.24, 2.45) is 112 Å². The predicted molar refractivity (Wildman–Crippen MR) is 434 cm³/mol. The highest BCUT2D eigenvalue weighted by Gasteiger charge is 2.45. The van der Waals surface area contributed by atoms with E-state index in [1.807, 2.05) is 73.7 Å². The zero-order valence-corrected chi connectivity index (χ0v) is 63.0. The van der Waals surface area contributed by atoms with E-state index in [0.717, 1.165) is 136 Å². The molecule has 4 aromatic carbocycles. The first-order valence-corrected chi connectivity index (χ1v) is 40.2.